The van der Waals surface area contributed by atoms with E-state index in [0.29, 0.717) is 28.0 Å². The molecule has 3 aromatic carbocycles. The minimum Gasteiger partial charge on any atom is -0.497 e. The Labute approximate surface area is 222 Å². The van der Waals surface area contributed by atoms with Gasteiger partial charge in [0.2, 0.25) is 5.91 Å². The normalized spacial score (nSPS) is 19.0. The van der Waals surface area contributed by atoms with Gasteiger partial charge >= 0.3 is 0 Å². The summed E-state index contributed by atoms with van der Waals surface area (Å²) >= 11 is 7.46. The predicted octanol–water partition coefficient (Wildman–Crippen LogP) is 5.67. The molecule has 0 spiro atoms. The molecule has 0 bridgehead atoms. The fourth-order valence-corrected chi connectivity index (χ4v) is 5.40. The lowest BCUT2D eigenvalue weighted by atomic mass is 9.98. The van der Waals surface area contributed by atoms with Crippen LogP contribution in [0.5, 0.6) is 5.75 Å². The van der Waals surface area contributed by atoms with Crippen molar-refractivity contribution >= 4 is 51.7 Å². The zero-order valence-electron chi connectivity index (χ0n) is 19.7. The highest BCUT2D eigenvalue weighted by atomic mass is 35.5. The summed E-state index contributed by atoms with van der Waals surface area (Å²) in [6.45, 7) is 0. The lowest BCUT2D eigenvalue weighted by Crippen LogP contribution is -2.25. The smallest absolute Gasteiger partial charge is 0.262 e. The van der Waals surface area contributed by atoms with E-state index < -0.39 is 5.25 Å². The number of nitrogens with one attached hydrogen (secondary N) is 1. The Balaban J connectivity index is 1.33. The van der Waals surface area contributed by atoms with Gasteiger partial charge in [0.15, 0.2) is 5.17 Å². The van der Waals surface area contributed by atoms with Crippen molar-refractivity contribution in [1.29, 1.82) is 0 Å². The highest BCUT2D eigenvalue weighted by molar-refractivity contribution is 8.15. The Morgan fingerprint density at radius 2 is 1.92 bits per heavy atom. The summed E-state index contributed by atoms with van der Waals surface area (Å²) < 4.78 is 18.6. The van der Waals surface area contributed by atoms with Crippen LogP contribution in [0.15, 0.2) is 82.9 Å². The van der Waals surface area contributed by atoms with E-state index in [9.17, 15) is 14.0 Å². The average Bonchev–Trinajstić information content (AvgIpc) is 3.49. The van der Waals surface area contributed by atoms with Crippen LogP contribution in [0.2, 0.25) is 5.02 Å². The topological polar surface area (TPSA) is 83.4 Å². The van der Waals surface area contributed by atoms with Crippen LogP contribution < -0.4 is 10.1 Å². The van der Waals surface area contributed by atoms with Crippen LogP contribution in [0.3, 0.4) is 0 Å². The van der Waals surface area contributed by atoms with E-state index >= 15 is 0 Å². The Hall–Kier alpha value is -3.69. The number of rotatable bonds is 6. The monoisotopic (exact) mass is 536 g/mol. The fourth-order valence-electron chi connectivity index (χ4n) is 4.14. The molecule has 5 rings (SSSR count). The number of amides is 2. The molecule has 2 heterocycles. The molecule has 0 unspecified atom stereocenters. The van der Waals surface area contributed by atoms with Gasteiger partial charge in [-0.25, -0.2) is 9.40 Å². The molecule has 0 aromatic heterocycles. The number of ether oxygens (including phenoxy) is 1. The second-order valence-electron chi connectivity index (χ2n) is 8.49. The van der Waals surface area contributed by atoms with Crippen LogP contribution in [0, 0.1) is 5.82 Å². The molecular weight excluding hydrogens is 515 g/mol. The minimum atomic E-state index is -0.668. The molecule has 188 valence electrons. The summed E-state index contributed by atoms with van der Waals surface area (Å²) in [5.74, 6) is -0.336. The molecule has 7 nitrogen and oxygen atoms in total. The number of hydrogen-bond acceptors (Lipinski definition) is 6. The molecular formula is C27H22ClFN4O3S. The van der Waals surface area contributed by atoms with Crippen LogP contribution in [-0.4, -0.2) is 40.1 Å². The molecule has 3 aromatic rings. The molecule has 0 aliphatic carbocycles. The molecule has 0 saturated carbocycles. The largest absolute Gasteiger partial charge is 0.497 e. The molecule has 37 heavy (non-hydrogen) atoms. The van der Waals surface area contributed by atoms with Gasteiger partial charge < -0.3 is 10.1 Å². The van der Waals surface area contributed by atoms with Crippen molar-refractivity contribution < 1.29 is 18.7 Å². The van der Waals surface area contributed by atoms with Crippen molar-refractivity contribution in [2.45, 2.75) is 24.1 Å². The lowest BCUT2D eigenvalue weighted by molar-refractivity contribution is -0.121. The molecule has 2 atom stereocenters. The molecule has 0 saturated heterocycles. The van der Waals surface area contributed by atoms with Crippen molar-refractivity contribution in [3.63, 3.8) is 0 Å². The van der Waals surface area contributed by atoms with Crippen molar-refractivity contribution in [2.75, 3.05) is 12.4 Å². The molecule has 0 radical (unpaired) electrons. The van der Waals surface area contributed by atoms with E-state index in [0.717, 1.165) is 16.8 Å². The van der Waals surface area contributed by atoms with Gasteiger partial charge in [0.25, 0.3) is 5.91 Å². The van der Waals surface area contributed by atoms with Gasteiger partial charge in [-0.05, 0) is 59.7 Å². The van der Waals surface area contributed by atoms with E-state index in [2.05, 4.69) is 10.3 Å². The summed E-state index contributed by atoms with van der Waals surface area (Å²) in [4.78, 5) is 29.6. The van der Waals surface area contributed by atoms with Crippen molar-refractivity contribution in [3.8, 4) is 5.75 Å². The van der Waals surface area contributed by atoms with E-state index in [1.807, 2.05) is 18.2 Å². The number of amidine groups is 1. The third kappa shape index (κ3) is 5.68. The Morgan fingerprint density at radius 1 is 1.16 bits per heavy atom. The van der Waals surface area contributed by atoms with Crippen molar-refractivity contribution in [2.24, 2.45) is 10.1 Å². The maximum absolute atomic E-state index is 13.5. The number of thioether (sulfide) groups is 1. The Morgan fingerprint density at radius 3 is 2.62 bits per heavy atom. The van der Waals surface area contributed by atoms with Crippen LogP contribution in [0.1, 0.15) is 30.0 Å². The number of aliphatic imine (C=N–C) groups is 1. The first-order chi connectivity index (χ1) is 17.9. The van der Waals surface area contributed by atoms with Gasteiger partial charge in [0, 0.05) is 23.6 Å². The van der Waals surface area contributed by atoms with Gasteiger partial charge in [0.1, 0.15) is 16.8 Å². The number of benzene rings is 3. The Kier molecular flexibility index (Phi) is 7.25. The number of methoxy groups -OCH3 is 1. The van der Waals surface area contributed by atoms with Crippen LogP contribution in [-0.2, 0) is 9.59 Å². The van der Waals surface area contributed by atoms with Gasteiger partial charge in [-0.1, -0.05) is 47.6 Å². The van der Waals surface area contributed by atoms with Crippen molar-refractivity contribution in [1.82, 2.24) is 5.01 Å². The SMILES string of the molecule is COc1ccc(NC(=O)C[C@H]2SC(N3N=C(c4ccc(F)cc4)C[C@H]3c3cccc(Cl)c3)=NC2=O)cc1. The minimum absolute atomic E-state index is 0.0350. The molecule has 10 heteroatoms. The molecule has 2 aliphatic heterocycles. The summed E-state index contributed by atoms with van der Waals surface area (Å²) in [6.07, 6.45) is 0.481. The number of nitrogens with zero attached hydrogens (tertiary/aromatic N) is 3. The standard InChI is InChI=1S/C27H22ClFN4O3S/c1-36-21-11-9-20(10-12-21)30-25(34)15-24-26(35)31-27(37-24)33-23(17-3-2-4-18(28)13-17)14-22(32-33)16-5-7-19(29)8-6-16/h2-13,23-24H,14-15H2,1H3,(H,30,34)/t23-,24+/m0/s1. The third-order valence-electron chi connectivity index (χ3n) is 5.99. The van der Waals surface area contributed by atoms with E-state index in [4.69, 9.17) is 21.4 Å². The van der Waals surface area contributed by atoms with Gasteiger partial charge in [-0.2, -0.15) is 10.1 Å². The summed E-state index contributed by atoms with van der Waals surface area (Å²) in [7, 11) is 1.57. The molecule has 2 aliphatic rings. The maximum Gasteiger partial charge on any atom is 0.262 e. The maximum atomic E-state index is 13.5. The quantitative estimate of drug-likeness (QED) is 0.439. The van der Waals surface area contributed by atoms with Gasteiger partial charge in [0.05, 0.1) is 18.9 Å². The predicted molar refractivity (Wildman–Crippen MR) is 144 cm³/mol. The number of carbonyl (C=O) groups excluding carboxylic acids is 2. The van der Waals surface area contributed by atoms with E-state index in [-0.39, 0.29) is 30.1 Å². The summed E-state index contributed by atoms with van der Waals surface area (Å²) in [5, 5.41) is 9.59. The second-order valence-corrected chi connectivity index (χ2v) is 10.1. The highest BCUT2D eigenvalue weighted by Crippen LogP contribution is 2.39. The van der Waals surface area contributed by atoms with Crippen LogP contribution in [0.4, 0.5) is 10.1 Å². The third-order valence-corrected chi connectivity index (χ3v) is 7.37. The average molecular weight is 537 g/mol. The highest BCUT2D eigenvalue weighted by Gasteiger charge is 2.39. The number of carbonyl (C=O) groups is 2. The summed E-state index contributed by atoms with van der Waals surface area (Å²) in [5.41, 5.74) is 3.03. The number of halogens is 2. The van der Waals surface area contributed by atoms with E-state index in [1.165, 1.54) is 23.9 Å². The molecule has 0 fully saturated rings. The first kappa shape index (κ1) is 25.0. The zero-order chi connectivity index (χ0) is 25.9. The van der Waals surface area contributed by atoms with Crippen LogP contribution >= 0.6 is 23.4 Å². The first-order valence-electron chi connectivity index (χ1n) is 11.5. The molecule has 2 amide bonds. The first-order valence-corrected chi connectivity index (χ1v) is 12.8. The molecule has 1 N–H and O–H groups in total. The lowest BCUT2D eigenvalue weighted by Gasteiger charge is -2.23. The Bertz CT molecular complexity index is 1400. The van der Waals surface area contributed by atoms with Crippen LogP contribution in [0.25, 0.3) is 0 Å². The van der Waals surface area contributed by atoms with Gasteiger partial charge in [-0.3, -0.25) is 9.59 Å². The number of hydrogen-bond donors (Lipinski definition) is 1. The fraction of sp³-hybridized carbons (Fsp3) is 0.185. The van der Waals surface area contributed by atoms with Gasteiger partial charge in [-0.15, -0.1) is 0 Å². The van der Waals surface area contributed by atoms with Crippen molar-refractivity contribution in [3.05, 3.63) is 94.8 Å². The van der Waals surface area contributed by atoms with E-state index in [1.54, 1.807) is 54.6 Å². The zero-order valence-corrected chi connectivity index (χ0v) is 21.3. The second kappa shape index (κ2) is 10.7. The number of hydrazone groups is 1. The summed E-state index contributed by atoms with van der Waals surface area (Å²) in [6, 6.07) is 20.2. The number of anilines is 1.